The number of aliphatic hydroxyl groups is 1. The molecule has 3 rings (SSSR count). The van der Waals surface area contributed by atoms with E-state index in [0.717, 1.165) is 22.3 Å². The van der Waals surface area contributed by atoms with Crippen molar-refractivity contribution >= 4 is 34.6 Å². The van der Waals surface area contributed by atoms with Crippen molar-refractivity contribution < 1.29 is 14.6 Å². The van der Waals surface area contributed by atoms with Crippen molar-refractivity contribution in [1.82, 2.24) is 0 Å². The number of halogens is 2. The van der Waals surface area contributed by atoms with Gasteiger partial charge in [-0.2, -0.15) is 0 Å². The lowest BCUT2D eigenvalue weighted by Gasteiger charge is -2.40. The van der Waals surface area contributed by atoms with Gasteiger partial charge in [-0.1, -0.05) is 54.4 Å². The van der Waals surface area contributed by atoms with Gasteiger partial charge in [0.2, 0.25) is 0 Å². The maximum atomic E-state index is 13.1. The molecule has 148 valence electrons. The third kappa shape index (κ3) is 3.59. The molecule has 0 aromatic heterocycles. The Balaban J connectivity index is 2.17. The van der Waals surface area contributed by atoms with Crippen molar-refractivity contribution in [1.29, 1.82) is 0 Å². The first kappa shape index (κ1) is 20.9. The molecule has 28 heavy (non-hydrogen) atoms. The van der Waals surface area contributed by atoms with Crippen LogP contribution in [-0.2, 0) is 16.0 Å². The summed E-state index contributed by atoms with van der Waals surface area (Å²) in [7, 11) is 0. The number of ether oxygens (including phenoxy) is 1. The second kappa shape index (κ2) is 7.22. The molecule has 3 nitrogen and oxygen atoms in total. The summed E-state index contributed by atoms with van der Waals surface area (Å²) in [6, 6.07) is 11.3. The van der Waals surface area contributed by atoms with Gasteiger partial charge in [-0.25, -0.2) is 0 Å². The van der Waals surface area contributed by atoms with Gasteiger partial charge in [0.25, 0.3) is 0 Å². The molecule has 0 fully saturated rings. The molecule has 0 aliphatic carbocycles. The van der Waals surface area contributed by atoms with Gasteiger partial charge in [0, 0.05) is 0 Å². The molecule has 0 saturated carbocycles. The fraction of sp³-hybridized carbons (Fsp3) is 0.348. The molecule has 2 aromatic rings. The Bertz CT molecular complexity index is 987. The van der Waals surface area contributed by atoms with E-state index in [1.807, 2.05) is 37.3 Å². The van der Waals surface area contributed by atoms with Crippen LogP contribution in [0.1, 0.15) is 45.7 Å². The highest BCUT2D eigenvalue weighted by atomic mass is 35.5. The average molecular weight is 419 g/mol. The van der Waals surface area contributed by atoms with Gasteiger partial charge in [-0.15, -0.1) is 0 Å². The predicted octanol–water partition coefficient (Wildman–Crippen LogP) is 6.65. The summed E-state index contributed by atoms with van der Waals surface area (Å²) in [5.74, 6) is -0.255. The summed E-state index contributed by atoms with van der Waals surface area (Å²) in [5.41, 5.74) is 1.98. The van der Waals surface area contributed by atoms with Crippen molar-refractivity contribution in [2.24, 2.45) is 0 Å². The highest BCUT2D eigenvalue weighted by Crippen LogP contribution is 2.41. The Hall–Kier alpha value is -1.81. The molecular formula is C23H24Cl2O3. The van der Waals surface area contributed by atoms with Crippen LogP contribution in [-0.4, -0.2) is 22.1 Å². The zero-order chi connectivity index (χ0) is 20.9. The van der Waals surface area contributed by atoms with Crippen LogP contribution < -0.4 is 0 Å². The molecule has 0 saturated heterocycles. The largest absolute Gasteiger partial charge is 0.508 e. The normalized spacial score (nSPS) is 18.5. The Kier molecular flexibility index (Phi) is 5.39. The van der Waals surface area contributed by atoms with Crippen molar-refractivity contribution in [3.8, 4) is 11.1 Å². The lowest BCUT2D eigenvalue weighted by molar-refractivity contribution is -0.158. The van der Waals surface area contributed by atoms with E-state index >= 15 is 0 Å². The fourth-order valence-corrected chi connectivity index (χ4v) is 3.98. The number of aliphatic hydroxyl groups excluding tert-OH is 1. The summed E-state index contributed by atoms with van der Waals surface area (Å²) < 4.78 is 5.84. The highest BCUT2D eigenvalue weighted by Gasteiger charge is 2.47. The number of rotatable bonds is 3. The molecule has 0 spiro atoms. The molecule has 0 unspecified atom stereocenters. The first-order valence-electron chi connectivity index (χ1n) is 9.25. The molecule has 0 bridgehead atoms. The number of carbonyl (C=O) groups excluding carboxylic acids is 1. The van der Waals surface area contributed by atoms with E-state index in [-0.39, 0.29) is 11.5 Å². The highest BCUT2D eigenvalue weighted by molar-refractivity contribution is 6.42. The lowest BCUT2D eigenvalue weighted by atomic mass is 9.81. The topological polar surface area (TPSA) is 46.5 Å². The first-order valence-corrected chi connectivity index (χ1v) is 10.0. The summed E-state index contributed by atoms with van der Waals surface area (Å²) in [6.45, 7) is 9.03. The van der Waals surface area contributed by atoms with Gasteiger partial charge in [0.05, 0.1) is 15.6 Å². The van der Waals surface area contributed by atoms with E-state index in [2.05, 4.69) is 0 Å². The maximum Gasteiger partial charge on any atom is 0.198 e. The standard InChI is InChI=1S/C23H24Cl2O3/c1-6-13-11-14(15-8-10-17(24)18(25)12-15)7-9-16(13)19-20(26)22(2,3)28-23(4,5)21(19)27/h7-12,26H,6H2,1-5H3. The lowest BCUT2D eigenvalue weighted by Crippen LogP contribution is -2.49. The second-order valence-corrected chi connectivity index (χ2v) is 8.84. The minimum absolute atomic E-state index is 0.0335. The van der Waals surface area contributed by atoms with Crippen LogP contribution in [0.4, 0.5) is 0 Å². The van der Waals surface area contributed by atoms with Crippen LogP contribution in [0.25, 0.3) is 16.7 Å². The van der Waals surface area contributed by atoms with Gasteiger partial charge in [-0.3, -0.25) is 4.79 Å². The van der Waals surface area contributed by atoms with Crippen molar-refractivity contribution in [3.63, 3.8) is 0 Å². The summed E-state index contributed by atoms with van der Waals surface area (Å²) in [5, 5.41) is 11.8. The van der Waals surface area contributed by atoms with Gasteiger partial charge in [-0.05, 0) is 68.5 Å². The van der Waals surface area contributed by atoms with E-state index in [1.54, 1.807) is 33.8 Å². The molecule has 1 N–H and O–H groups in total. The molecule has 0 amide bonds. The van der Waals surface area contributed by atoms with Gasteiger partial charge < -0.3 is 9.84 Å². The molecule has 5 heteroatoms. The van der Waals surface area contributed by atoms with Crippen LogP contribution in [0.2, 0.25) is 10.0 Å². The zero-order valence-electron chi connectivity index (χ0n) is 16.7. The SMILES string of the molecule is CCc1cc(-c2ccc(Cl)c(Cl)c2)ccc1C1=C(O)C(C)(C)OC(C)(C)C1=O. The predicted molar refractivity (Wildman–Crippen MR) is 115 cm³/mol. The van der Waals surface area contributed by atoms with Crippen molar-refractivity contribution in [2.45, 2.75) is 52.2 Å². The first-order chi connectivity index (χ1) is 13.0. The van der Waals surface area contributed by atoms with Gasteiger partial charge in [0.1, 0.15) is 17.0 Å². The number of hydrogen-bond acceptors (Lipinski definition) is 3. The number of aryl methyl sites for hydroxylation is 1. The molecule has 2 aromatic carbocycles. The quantitative estimate of drug-likeness (QED) is 0.606. The van der Waals surface area contributed by atoms with E-state index in [4.69, 9.17) is 27.9 Å². The second-order valence-electron chi connectivity index (χ2n) is 8.03. The number of benzene rings is 2. The monoisotopic (exact) mass is 418 g/mol. The average Bonchev–Trinajstić information content (AvgIpc) is 2.62. The molecule has 1 heterocycles. The summed E-state index contributed by atoms with van der Waals surface area (Å²) in [4.78, 5) is 13.1. The number of Topliss-reactive ketones (excluding diaryl/α,β-unsaturated/α-hetero) is 1. The Labute approximate surface area is 175 Å². The molecule has 1 aliphatic rings. The number of hydrogen-bond donors (Lipinski definition) is 1. The number of ketones is 1. The molecule has 0 atom stereocenters. The fourth-order valence-electron chi connectivity index (χ4n) is 3.68. The van der Waals surface area contributed by atoms with Crippen LogP contribution in [0.3, 0.4) is 0 Å². The summed E-state index contributed by atoms with van der Waals surface area (Å²) >= 11 is 12.2. The van der Waals surface area contributed by atoms with E-state index < -0.39 is 11.2 Å². The Morgan fingerprint density at radius 1 is 0.929 bits per heavy atom. The molecule has 1 aliphatic heterocycles. The third-order valence-corrected chi connectivity index (χ3v) is 5.84. The Morgan fingerprint density at radius 2 is 1.54 bits per heavy atom. The van der Waals surface area contributed by atoms with Gasteiger partial charge >= 0.3 is 0 Å². The minimum Gasteiger partial charge on any atom is -0.508 e. The molecule has 0 radical (unpaired) electrons. The van der Waals surface area contributed by atoms with Crippen LogP contribution in [0, 0.1) is 0 Å². The van der Waals surface area contributed by atoms with Crippen LogP contribution in [0.5, 0.6) is 0 Å². The summed E-state index contributed by atoms with van der Waals surface area (Å²) in [6.07, 6.45) is 0.705. The third-order valence-electron chi connectivity index (χ3n) is 5.10. The van der Waals surface area contributed by atoms with E-state index in [0.29, 0.717) is 22.0 Å². The number of carbonyl (C=O) groups is 1. The van der Waals surface area contributed by atoms with Gasteiger partial charge in [0.15, 0.2) is 5.78 Å². The Morgan fingerprint density at radius 3 is 2.14 bits per heavy atom. The van der Waals surface area contributed by atoms with Crippen molar-refractivity contribution in [3.05, 3.63) is 63.3 Å². The minimum atomic E-state index is -1.02. The van der Waals surface area contributed by atoms with E-state index in [1.165, 1.54) is 0 Å². The van der Waals surface area contributed by atoms with Crippen LogP contribution >= 0.6 is 23.2 Å². The smallest absolute Gasteiger partial charge is 0.198 e. The maximum absolute atomic E-state index is 13.1. The van der Waals surface area contributed by atoms with Crippen molar-refractivity contribution in [2.75, 3.05) is 0 Å². The molecular weight excluding hydrogens is 395 g/mol. The zero-order valence-corrected chi connectivity index (χ0v) is 18.2. The van der Waals surface area contributed by atoms with E-state index in [9.17, 15) is 9.90 Å². The van der Waals surface area contributed by atoms with Crippen LogP contribution in [0.15, 0.2) is 42.2 Å².